The number of ether oxygens (including phenoxy) is 1. The van der Waals surface area contributed by atoms with E-state index in [1.165, 1.54) is 96.3 Å². The molecule has 7 nitrogen and oxygen atoms in total. The fourth-order valence-corrected chi connectivity index (χ4v) is 5.85. The molecule has 0 atom stereocenters. The average Bonchev–Trinajstić information content (AvgIpc) is 3.16. The lowest BCUT2D eigenvalue weighted by atomic mass is 9.91. The van der Waals surface area contributed by atoms with E-state index in [1.807, 2.05) is 87.5 Å². The predicted molar refractivity (Wildman–Crippen MR) is 214 cm³/mol. The van der Waals surface area contributed by atoms with Crippen LogP contribution >= 0.6 is 0 Å². The zero-order valence-electron chi connectivity index (χ0n) is 32.2. The highest BCUT2D eigenvalue weighted by molar-refractivity contribution is 5.75. The number of azo groups is 2. The number of nitrogens with zero attached hydrogens (tertiary/aromatic N) is 5. The highest BCUT2D eigenvalue weighted by Crippen LogP contribution is 2.26. The quantitative estimate of drug-likeness (QED) is 0.0452. The third-order valence-corrected chi connectivity index (χ3v) is 9.70. The molecule has 0 saturated carbocycles. The number of benzene rings is 3. The fraction of sp³-hybridized carbons (Fsp3) is 0.568. The minimum atomic E-state index is -0.460. The van der Waals surface area contributed by atoms with Gasteiger partial charge in [-0.2, -0.15) is 20.5 Å². The van der Waals surface area contributed by atoms with Crippen LogP contribution < -0.4 is 4.90 Å². The molecular weight excluding hydrogens is 631 g/mol. The first-order chi connectivity index (χ1) is 24.9. The van der Waals surface area contributed by atoms with Gasteiger partial charge in [-0.1, -0.05) is 128 Å². The van der Waals surface area contributed by atoms with Gasteiger partial charge in [-0.15, -0.1) is 0 Å². The molecule has 3 aromatic carbocycles. The smallest absolute Gasteiger partial charge is 0.311 e. The maximum Gasteiger partial charge on any atom is 0.311 e. The van der Waals surface area contributed by atoms with Gasteiger partial charge >= 0.3 is 5.97 Å². The van der Waals surface area contributed by atoms with Crippen LogP contribution in [-0.4, -0.2) is 25.7 Å². The fourth-order valence-electron chi connectivity index (χ4n) is 5.85. The van der Waals surface area contributed by atoms with Crippen molar-refractivity contribution in [2.24, 2.45) is 25.9 Å². The summed E-state index contributed by atoms with van der Waals surface area (Å²) in [6.45, 7) is 10.2. The Balaban J connectivity index is 1.41. The van der Waals surface area contributed by atoms with Crippen LogP contribution in [0.3, 0.4) is 0 Å². The van der Waals surface area contributed by atoms with Gasteiger partial charge < -0.3 is 9.64 Å². The van der Waals surface area contributed by atoms with Crippen molar-refractivity contribution in [1.82, 2.24) is 0 Å². The van der Waals surface area contributed by atoms with Crippen molar-refractivity contribution < 1.29 is 9.53 Å². The lowest BCUT2D eigenvalue weighted by Gasteiger charge is -2.26. The molecule has 3 aromatic rings. The lowest BCUT2D eigenvalue weighted by Crippen LogP contribution is -2.32. The van der Waals surface area contributed by atoms with Crippen LogP contribution in [0.5, 0.6) is 0 Å². The maximum absolute atomic E-state index is 12.6. The number of anilines is 1. The van der Waals surface area contributed by atoms with Gasteiger partial charge in [0.15, 0.2) is 0 Å². The number of carbonyl (C=O) groups excluding carboxylic acids is 1. The van der Waals surface area contributed by atoms with E-state index in [1.54, 1.807) is 0 Å². The van der Waals surface area contributed by atoms with Gasteiger partial charge in [0.1, 0.15) is 6.61 Å². The van der Waals surface area contributed by atoms with Gasteiger partial charge in [-0.3, -0.25) is 4.79 Å². The maximum atomic E-state index is 12.6. The normalized spacial score (nSPS) is 11.8. The zero-order chi connectivity index (χ0) is 36.4. The minimum absolute atomic E-state index is 0.129. The summed E-state index contributed by atoms with van der Waals surface area (Å²) in [5, 5.41) is 17.4. The van der Waals surface area contributed by atoms with E-state index >= 15 is 0 Å². The molecule has 0 amide bonds. The molecule has 0 aliphatic heterocycles. The van der Waals surface area contributed by atoms with E-state index in [4.69, 9.17) is 4.74 Å². The molecule has 3 rings (SSSR count). The van der Waals surface area contributed by atoms with E-state index in [9.17, 15) is 4.79 Å². The number of rotatable bonds is 27. The van der Waals surface area contributed by atoms with Crippen LogP contribution in [0.4, 0.5) is 28.4 Å². The molecule has 0 radical (unpaired) electrons. The van der Waals surface area contributed by atoms with Gasteiger partial charge in [-0.05, 0) is 87.4 Å². The molecule has 51 heavy (non-hydrogen) atoms. The van der Waals surface area contributed by atoms with Crippen LogP contribution in [0.15, 0.2) is 99.3 Å². The second-order valence-corrected chi connectivity index (χ2v) is 14.4. The van der Waals surface area contributed by atoms with Gasteiger partial charge in [0.25, 0.3) is 0 Å². The Kier molecular flexibility index (Phi) is 20.5. The van der Waals surface area contributed by atoms with Crippen molar-refractivity contribution in [2.75, 3.05) is 24.6 Å². The number of esters is 1. The van der Waals surface area contributed by atoms with Crippen molar-refractivity contribution >= 4 is 34.4 Å². The molecule has 0 bridgehead atoms. The number of unbranched alkanes of at least 4 members (excludes halogenated alkanes) is 15. The summed E-state index contributed by atoms with van der Waals surface area (Å²) in [6.07, 6.45) is 22.5. The molecule has 0 spiro atoms. The average molecular weight is 696 g/mol. The van der Waals surface area contributed by atoms with Crippen LogP contribution in [0.25, 0.3) is 0 Å². The Bertz CT molecular complexity index is 1390. The van der Waals surface area contributed by atoms with Crippen molar-refractivity contribution in [3.05, 3.63) is 78.9 Å². The molecule has 0 saturated heterocycles. The first-order valence-electron chi connectivity index (χ1n) is 19.9. The lowest BCUT2D eigenvalue weighted by molar-refractivity contribution is -0.153. The summed E-state index contributed by atoms with van der Waals surface area (Å²) in [7, 11) is 0. The summed E-state index contributed by atoms with van der Waals surface area (Å²) in [6, 6.07) is 25.4. The van der Waals surface area contributed by atoms with E-state index in [0.717, 1.165) is 47.8 Å². The third kappa shape index (κ3) is 17.8. The van der Waals surface area contributed by atoms with E-state index in [-0.39, 0.29) is 5.97 Å². The molecule has 0 unspecified atom stereocenters. The summed E-state index contributed by atoms with van der Waals surface area (Å²) in [5.41, 5.74) is 3.75. The topological polar surface area (TPSA) is 79.0 Å². The highest BCUT2D eigenvalue weighted by atomic mass is 16.5. The Morgan fingerprint density at radius 2 is 0.922 bits per heavy atom. The summed E-state index contributed by atoms with van der Waals surface area (Å²) < 4.78 is 5.71. The van der Waals surface area contributed by atoms with Gasteiger partial charge in [0, 0.05) is 12.2 Å². The van der Waals surface area contributed by atoms with E-state index in [2.05, 4.69) is 44.4 Å². The molecule has 0 aliphatic carbocycles. The van der Waals surface area contributed by atoms with Gasteiger partial charge in [0.2, 0.25) is 0 Å². The van der Waals surface area contributed by atoms with Crippen LogP contribution in [0.2, 0.25) is 0 Å². The van der Waals surface area contributed by atoms with E-state index < -0.39 is 5.41 Å². The molecule has 0 heterocycles. The summed E-state index contributed by atoms with van der Waals surface area (Å²) >= 11 is 0. The number of hydrogen-bond acceptors (Lipinski definition) is 7. The molecule has 0 fully saturated rings. The van der Waals surface area contributed by atoms with Crippen molar-refractivity contribution in [3.8, 4) is 0 Å². The molecule has 7 heteroatoms. The van der Waals surface area contributed by atoms with Gasteiger partial charge in [0.05, 0.1) is 34.7 Å². The first kappa shape index (κ1) is 41.5. The molecule has 278 valence electrons. The third-order valence-electron chi connectivity index (χ3n) is 9.70. The van der Waals surface area contributed by atoms with Crippen LogP contribution in [0, 0.1) is 5.41 Å². The van der Waals surface area contributed by atoms with Crippen molar-refractivity contribution in [2.45, 2.75) is 137 Å². The molecule has 0 N–H and O–H groups in total. The Hall–Kier alpha value is -3.87. The van der Waals surface area contributed by atoms with Crippen LogP contribution in [-0.2, 0) is 9.53 Å². The molecule has 0 aliphatic rings. The van der Waals surface area contributed by atoms with E-state index in [0.29, 0.717) is 13.2 Å². The second kappa shape index (κ2) is 25.1. The molecule has 0 aromatic heterocycles. The number of carbonyl (C=O) groups is 1. The summed E-state index contributed by atoms with van der Waals surface area (Å²) in [5.74, 6) is -0.129. The number of hydrogen-bond donors (Lipinski definition) is 0. The monoisotopic (exact) mass is 696 g/mol. The molecular formula is C44H65N5O2. The zero-order valence-corrected chi connectivity index (χ0v) is 32.2. The summed E-state index contributed by atoms with van der Waals surface area (Å²) in [4.78, 5) is 14.9. The standard InChI is InChI=1S/C44H65N5O2/c1-5-7-8-9-10-11-12-13-14-15-16-17-18-19-20-24-35-49(36-37-51-43(50)44(3,4)6-2)42-33-31-41(32-34-42)48-47-40-29-27-39(28-30-40)46-45-38-25-22-21-23-26-38/h21-23,25-34H,5-20,24,35-37H2,1-4H3. The largest absolute Gasteiger partial charge is 0.463 e. The highest BCUT2D eigenvalue weighted by Gasteiger charge is 2.27. The van der Waals surface area contributed by atoms with Gasteiger partial charge in [-0.25, -0.2) is 0 Å². The first-order valence-corrected chi connectivity index (χ1v) is 19.9. The minimum Gasteiger partial charge on any atom is -0.463 e. The van der Waals surface area contributed by atoms with Crippen molar-refractivity contribution in [3.63, 3.8) is 0 Å². The van der Waals surface area contributed by atoms with Crippen LogP contribution in [0.1, 0.15) is 137 Å². The van der Waals surface area contributed by atoms with Crippen molar-refractivity contribution in [1.29, 1.82) is 0 Å². The Morgan fingerprint density at radius 3 is 1.35 bits per heavy atom. The SMILES string of the molecule is CCCCCCCCCCCCCCCCCCN(CCOC(=O)C(C)(C)CC)c1ccc(N=Nc2ccc(N=Nc3ccccc3)cc2)cc1. The second-order valence-electron chi connectivity index (χ2n) is 14.4. The Morgan fingerprint density at radius 1 is 0.529 bits per heavy atom. The predicted octanol–water partition coefficient (Wildman–Crippen LogP) is 14.6. The Labute approximate surface area is 309 Å².